The van der Waals surface area contributed by atoms with E-state index in [4.69, 9.17) is 28.7 Å². The molecular weight excluding hydrogens is 662 g/mol. The van der Waals surface area contributed by atoms with Crippen molar-refractivity contribution in [2.45, 2.75) is 134 Å². The van der Waals surface area contributed by atoms with Crippen LogP contribution in [0.5, 0.6) is 0 Å². The minimum atomic E-state index is -1.10. The summed E-state index contributed by atoms with van der Waals surface area (Å²) >= 11 is 0. The number of amides is 4. The van der Waals surface area contributed by atoms with Gasteiger partial charge >= 0.3 is 0 Å². The Morgan fingerprint density at radius 2 is 1.17 bits per heavy atom. The Morgan fingerprint density at radius 1 is 0.654 bits per heavy atom. The minimum Gasteiger partial charge on any atom is -0.370 e. The predicted octanol–water partition coefficient (Wildman–Crippen LogP) is 2.46. The first-order valence-corrected chi connectivity index (χ1v) is 18.9. The van der Waals surface area contributed by atoms with Gasteiger partial charge in [-0.25, -0.2) is 0 Å². The molecule has 0 bridgehead atoms. The lowest BCUT2D eigenvalue weighted by molar-refractivity contribution is -0.133. The number of hydrogen-bond donors (Lipinski definition) is 9. The average Bonchev–Trinajstić information content (AvgIpc) is 3.51. The molecule has 0 unspecified atom stereocenters. The van der Waals surface area contributed by atoms with Crippen LogP contribution in [0.4, 0.5) is 0 Å². The average molecular weight is 726 g/mol. The van der Waals surface area contributed by atoms with E-state index < -0.39 is 35.8 Å². The second-order valence-electron chi connectivity index (χ2n) is 13.4. The molecule has 1 aromatic carbocycles. The lowest BCUT2D eigenvalue weighted by Crippen LogP contribution is -2.57. The predicted molar refractivity (Wildman–Crippen MR) is 208 cm³/mol. The van der Waals surface area contributed by atoms with E-state index in [1.807, 2.05) is 24.3 Å². The Morgan fingerprint density at radius 3 is 1.75 bits per heavy atom. The number of unbranched alkanes of at least 4 members (excludes halogenated alkanes) is 10. The number of rotatable bonds is 28. The zero-order valence-corrected chi connectivity index (χ0v) is 31.0. The topological polar surface area (TPSA) is 275 Å². The molecule has 0 aliphatic carbocycles. The van der Waals surface area contributed by atoms with Crippen molar-refractivity contribution in [1.29, 1.82) is 0 Å². The van der Waals surface area contributed by atoms with Gasteiger partial charge in [0, 0.05) is 43.0 Å². The van der Waals surface area contributed by atoms with Gasteiger partial charge in [0.05, 0.1) is 0 Å². The summed E-state index contributed by atoms with van der Waals surface area (Å²) in [7, 11) is 0. The van der Waals surface area contributed by atoms with Crippen molar-refractivity contribution < 1.29 is 19.2 Å². The Balaban J connectivity index is 2.10. The molecule has 290 valence electrons. The van der Waals surface area contributed by atoms with E-state index in [0.29, 0.717) is 19.3 Å². The SMILES string of the molecule is CCCCCCCCCCCCCC(=O)N[C@@H](CCCN=C(N)N)C(=O)N[C@@H](Cc1c[nH]c2ccccc12)C(=O)N[C@@H](CCCN=C(N)N)C(N)=O. The molecule has 0 fully saturated rings. The van der Waals surface area contributed by atoms with E-state index >= 15 is 0 Å². The van der Waals surface area contributed by atoms with Crippen LogP contribution < -0.4 is 44.6 Å². The summed E-state index contributed by atoms with van der Waals surface area (Å²) in [6.07, 6.45) is 16.2. The van der Waals surface area contributed by atoms with E-state index in [1.165, 1.54) is 44.9 Å². The van der Waals surface area contributed by atoms with Gasteiger partial charge in [-0.05, 0) is 43.7 Å². The largest absolute Gasteiger partial charge is 0.370 e. The van der Waals surface area contributed by atoms with Crippen LogP contribution in [0.3, 0.4) is 0 Å². The van der Waals surface area contributed by atoms with E-state index in [-0.39, 0.29) is 56.6 Å². The summed E-state index contributed by atoms with van der Waals surface area (Å²) in [6, 6.07) is 4.52. The van der Waals surface area contributed by atoms with Gasteiger partial charge in [-0.2, -0.15) is 0 Å². The number of H-pyrrole nitrogens is 1. The zero-order valence-electron chi connectivity index (χ0n) is 31.0. The lowest BCUT2D eigenvalue weighted by Gasteiger charge is -2.25. The number of guanidine groups is 2. The molecule has 52 heavy (non-hydrogen) atoms. The van der Waals surface area contributed by atoms with Crippen molar-refractivity contribution in [2.75, 3.05) is 13.1 Å². The molecule has 0 radical (unpaired) electrons. The first-order valence-electron chi connectivity index (χ1n) is 18.9. The number of nitrogens with two attached hydrogens (primary N) is 5. The van der Waals surface area contributed by atoms with E-state index in [2.05, 4.69) is 37.8 Å². The number of fused-ring (bicyclic) bond motifs is 1. The first-order chi connectivity index (χ1) is 25.0. The third kappa shape index (κ3) is 17.9. The quantitative estimate of drug-likeness (QED) is 0.0356. The number of aliphatic imine (C=N–C) groups is 2. The molecule has 1 aromatic heterocycles. The second-order valence-corrected chi connectivity index (χ2v) is 13.4. The number of carbonyl (C=O) groups is 4. The third-order valence-corrected chi connectivity index (χ3v) is 8.94. The zero-order chi connectivity index (χ0) is 38.1. The summed E-state index contributed by atoms with van der Waals surface area (Å²) in [4.78, 5) is 64.0. The highest BCUT2D eigenvalue weighted by Crippen LogP contribution is 2.20. The highest BCUT2D eigenvalue weighted by Gasteiger charge is 2.30. The molecule has 4 amide bonds. The van der Waals surface area contributed by atoms with Gasteiger partial charge in [0.25, 0.3) is 0 Å². The van der Waals surface area contributed by atoms with Crippen molar-refractivity contribution >= 4 is 46.5 Å². The van der Waals surface area contributed by atoms with Gasteiger partial charge in [0.15, 0.2) is 11.9 Å². The third-order valence-electron chi connectivity index (χ3n) is 8.94. The van der Waals surface area contributed by atoms with Gasteiger partial charge < -0.3 is 49.6 Å². The van der Waals surface area contributed by atoms with Gasteiger partial charge in [-0.1, -0.05) is 89.3 Å². The molecule has 0 aliphatic rings. The molecule has 15 nitrogen and oxygen atoms in total. The van der Waals surface area contributed by atoms with Crippen LogP contribution in [0.15, 0.2) is 40.4 Å². The molecule has 2 aromatic rings. The molecule has 3 atom stereocenters. The van der Waals surface area contributed by atoms with Crippen LogP contribution in [0, 0.1) is 0 Å². The molecule has 0 saturated carbocycles. The molecule has 0 aliphatic heterocycles. The van der Waals surface area contributed by atoms with Crippen molar-refractivity contribution in [2.24, 2.45) is 38.7 Å². The Bertz CT molecular complexity index is 1430. The number of nitrogens with zero attached hydrogens (tertiary/aromatic N) is 2. The van der Waals surface area contributed by atoms with Crippen molar-refractivity contribution in [1.82, 2.24) is 20.9 Å². The Kier molecular flexibility index (Phi) is 21.0. The van der Waals surface area contributed by atoms with Crippen molar-refractivity contribution in [3.8, 4) is 0 Å². The van der Waals surface area contributed by atoms with Crippen LogP contribution >= 0.6 is 0 Å². The molecule has 2 rings (SSSR count). The van der Waals surface area contributed by atoms with Crippen molar-refractivity contribution in [3.05, 3.63) is 36.0 Å². The van der Waals surface area contributed by atoms with Crippen molar-refractivity contribution in [3.63, 3.8) is 0 Å². The minimum absolute atomic E-state index is 0.0701. The molecule has 14 N–H and O–H groups in total. The number of aromatic amines is 1. The fourth-order valence-corrected chi connectivity index (χ4v) is 6.05. The summed E-state index contributed by atoms with van der Waals surface area (Å²) in [6.45, 7) is 2.73. The monoisotopic (exact) mass is 726 g/mol. The fraction of sp³-hybridized carbons (Fsp3) is 0.622. The number of primary amides is 1. The standard InChI is InChI=1S/C37H63N11O4/c1-2-3-4-5-6-7-8-9-10-11-12-21-32(49)46-30(20-16-23-44-37(41)42)34(51)48-31(24-26-25-45-28-18-14-13-17-27(26)28)35(52)47-29(33(38)50)19-15-22-43-36(39)40/h13-14,17-18,25,29-31,45H,2-12,15-16,19-24H2,1H3,(H2,38,50)(H,46,49)(H,47,52)(H,48,51)(H4,39,40,43)(H4,41,42,44)/t29-,30-,31-/m0/s1. The second kappa shape index (κ2) is 25.2. The number of aromatic nitrogens is 1. The van der Waals surface area contributed by atoms with Crippen LogP contribution in [0.1, 0.15) is 115 Å². The lowest BCUT2D eigenvalue weighted by atomic mass is 10.0. The highest BCUT2D eigenvalue weighted by molar-refractivity contribution is 5.95. The van der Waals surface area contributed by atoms with Gasteiger partial charge in [-0.15, -0.1) is 0 Å². The molecule has 1 heterocycles. The fourth-order valence-electron chi connectivity index (χ4n) is 6.05. The highest BCUT2D eigenvalue weighted by atomic mass is 16.2. The molecule has 0 saturated heterocycles. The Hall–Kier alpha value is -4.82. The number of nitrogens with one attached hydrogen (secondary N) is 4. The smallest absolute Gasteiger partial charge is 0.243 e. The molecular formula is C37H63N11O4. The van der Waals surface area contributed by atoms with E-state index in [0.717, 1.165) is 35.7 Å². The number of hydrogen-bond acceptors (Lipinski definition) is 6. The van der Waals surface area contributed by atoms with Gasteiger partial charge in [0.2, 0.25) is 23.6 Å². The summed E-state index contributed by atoms with van der Waals surface area (Å²) < 4.78 is 0. The Labute approximate surface area is 308 Å². The van der Waals surface area contributed by atoms with E-state index in [1.54, 1.807) is 6.20 Å². The summed E-state index contributed by atoms with van der Waals surface area (Å²) in [5.41, 5.74) is 29.0. The van der Waals surface area contributed by atoms with Crippen LogP contribution in [-0.4, -0.2) is 71.7 Å². The maximum Gasteiger partial charge on any atom is 0.243 e. The van der Waals surface area contributed by atoms with Crippen LogP contribution in [-0.2, 0) is 25.6 Å². The summed E-state index contributed by atoms with van der Waals surface area (Å²) in [5, 5.41) is 9.29. The number of benzene rings is 1. The number of carbonyl (C=O) groups excluding carboxylic acids is 4. The van der Waals surface area contributed by atoms with Gasteiger partial charge in [-0.3, -0.25) is 29.2 Å². The maximum atomic E-state index is 13.8. The molecule has 0 spiro atoms. The van der Waals surface area contributed by atoms with Crippen LogP contribution in [0.2, 0.25) is 0 Å². The van der Waals surface area contributed by atoms with E-state index in [9.17, 15) is 19.2 Å². The molecule has 15 heteroatoms. The van der Waals surface area contributed by atoms with Gasteiger partial charge in [0.1, 0.15) is 18.1 Å². The number of para-hydroxylation sites is 1. The maximum absolute atomic E-state index is 13.8. The first kappa shape index (κ1) is 43.3. The summed E-state index contributed by atoms with van der Waals surface area (Å²) in [5.74, 6) is -2.28. The normalized spacial score (nSPS) is 12.7. The van der Waals surface area contributed by atoms with Crippen LogP contribution in [0.25, 0.3) is 10.9 Å².